The number of nitrogens with zero attached hydrogens (tertiary/aromatic N) is 4. The summed E-state index contributed by atoms with van der Waals surface area (Å²) in [4.78, 5) is 70.3. The Morgan fingerprint density at radius 3 is 2.61 bits per heavy atom. The quantitative estimate of drug-likeness (QED) is 0.0823. The Kier molecular flexibility index (Phi) is 11.6. The number of nitrogens with one attached hydrogen (secondary N) is 2. The number of carbonyl (C=O) groups is 5. The number of piperidine rings is 3. The number of oxazole rings is 1. The molecule has 8 heterocycles. The summed E-state index contributed by atoms with van der Waals surface area (Å²) in [5.74, 6) is -3.90. The van der Waals surface area contributed by atoms with Gasteiger partial charge in [0, 0.05) is 53.6 Å². The normalized spacial score (nSPS) is 23.1. The zero-order valence-corrected chi connectivity index (χ0v) is 40.7. The highest BCUT2D eigenvalue weighted by molar-refractivity contribution is 7.88. The molecule has 18 nitrogen and oxygen atoms in total. The summed E-state index contributed by atoms with van der Waals surface area (Å²) in [7, 11) is -3.81. The number of carbonyl (C=O) groups excluding carboxylic acids is 3. The van der Waals surface area contributed by atoms with Crippen LogP contribution >= 0.6 is 22.9 Å². The molecule has 3 amide bonds. The SMILES string of the molecule is CC1(C)CC(Nc2cccc(-c3sc(C(=O)O)c(OCC(=O)O)c3Cl)c2)CCN1S(=O)(=O)Cc1ccc2oc(N3CC4COC3CC4c3ccc4c5c(cccc35)C(=O)N4C3CCC(=O)NC3=O)nc2c1. The number of benzene rings is 4. The fourth-order valence-electron chi connectivity index (χ4n) is 11.2. The molecule has 21 heteroatoms. The molecule has 5 saturated heterocycles. The topological polar surface area (TPSA) is 238 Å². The first-order valence-corrected chi connectivity index (χ1v) is 26.0. The molecule has 0 spiro atoms. The molecule has 71 heavy (non-hydrogen) atoms. The van der Waals surface area contributed by atoms with Crippen LogP contribution < -0.4 is 25.2 Å². The van der Waals surface area contributed by atoms with Crippen molar-refractivity contribution in [1.82, 2.24) is 14.6 Å². The van der Waals surface area contributed by atoms with Gasteiger partial charge >= 0.3 is 11.9 Å². The number of amides is 3. The van der Waals surface area contributed by atoms with Gasteiger partial charge in [-0.05, 0) is 104 Å². The molecule has 5 fully saturated rings. The number of hydrogen-bond acceptors (Lipinski definition) is 14. The lowest BCUT2D eigenvalue weighted by molar-refractivity contribution is -0.139. The van der Waals surface area contributed by atoms with Gasteiger partial charge < -0.3 is 29.4 Å². The average molecular weight is 1020 g/mol. The molecule has 6 aliphatic heterocycles. The van der Waals surface area contributed by atoms with Crippen molar-refractivity contribution in [2.24, 2.45) is 5.92 Å². The molecular formula is C50H47ClN6O12S2. The van der Waals surface area contributed by atoms with Gasteiger partial charge in [-0.3, -0.25) is 29.5 Å². The molecule has 368 valence electrons. The van der Waals surface area contributed by atoms with Gasteiger partial charge in [-0.25, -0.2) is 18.0 Å². The smallest absolute Gasteiger partial charge is 0.349 e. The van der Waals surface area contributed by atoms with E-state index < -0.39 is 46.1 Å². The van der Waals surface area contributed by atoms with Gasteiger partial charge in [-0.1, -0.05) is 48.0 Å². The summed E-state index contributed by atoms with van der Waals surface area (Å²) in [5.41, 5.74) is 4.48. The number of ether oxygens (including phenoxy) is 2. The van der Waals surface area contributed by atoms with Crippen LogP contribution in [-0.2, 0) is 34.9 Å². The third-order valence-corrected chi connectivity index (χ3v) is 18.0. The number of carboxylic acids is 2. The minimum Gasteiger partial charge on any atom is -0.479 e. The highest BCUT2D eigenvalue weighted by atomic mass is 35.5. The number of aliphatic carboxylic acids is 1. The monoisotopic (exact) mass is 1020 g/mol. The first-order chi connectivity index (χ1) is 33.9. The van der Waals surface area contributed by atoms with Crippen LogP contribution in [0.3, 0.4) is 0 Å². The summed E-state index contributed by atoms with van der Waals surface area (Å²) < 4.78 is 47.8. The van der Waals surface area contributed by atoms with Crippen LogP contribution in [0.5, 0.6) is 5.75 Å². The number of thiophene rings is 1. The van der Waals surface area contributed by atoms with E-state index in [4.69, 9.17) is 35.6 Å². The lowest BCUT2D eigenvalue weighted by atomic mass is 9.76. The van der Waals surface area contributed by atoms with Crippen molar-refractivity contribution in [2.75, 3.05) is 41.4 Å². The maximum Gasteiger partial charge on any atom is 0.349 e. The Hall–Kier alpha value is -6.58. The number of anilines is 3. The molecule has 4 N–H and O–H groups in total. The first-order valence-electron chi connectivity index (χ1n) is 23.2. The molecule has 0 radical (unpaired) electrons. The predicted octanol–water partition coefficient (Wildman–Crippen LogP) is 7.44. The largest absolute Gasteiger partial charge is 0.479 e. The molecule has 0 aliphatic carbocycles. The summed E-state index contributed by atoms with van der Waals surface area (Å²) in [6.45, 7) is 4.45. The van der Waals surface area contributed by atoms with Crippen molar-refractivity contribution >= 4 is 102 Å². The zero-order chi connectivity index (χ0) is 49.7. The van der Waals surface area contributed by atoms with Gasteiger partial charge in [0.15, 0.2) is 22.8 Å². The molecule has 6 aliphatic rings. The molecule has 12 rings (SSSR count). The molecule has 2 aromatic heterocycles. The second kappa shape index (κ2) is 17.6. The third-order valence-electron chi connectivity index (χ3n) is 14.3. The minimum absolute atomic E-state index is 0.00274. The predicted molar refractivity (Wildman–Crippen MR) is 264 cm³/mol. The Bertz CT molecular complexity index is 3360. The highest BCUT2D eigenvalue weighted by Gasteiger charge is 2.47. The van der Waals surface area contributed by atoms with E-state index in [1.165, 1.54) is 4.90 Å². The van der Waals surface area contributed by atoms with E-state index in [1.807, 2.05) is 49.1 Å². The first kappa shape index (κ1) is 46.8. The Morgan fingerprint density at radius 1 is 1.04 bits per heavy atom. The highest BCUT2D eigenvalue weighted by Crippen LogP contribution is 2.49. The van der Waals surface area contributed by atoms with Crippen molar-refractivity contribution in [3.05, 3.63) is 99.4 Å². The van der Waals surface area contributed by atoms with E-state index in [1.54, 1.807) is 40.7 Å². The number of fused-ring (bicyclic) bond motifs is 4. The molecular weight excluding hydrogens is 976 g/mol. The standard InChI is InChI=1S/C50H47ClN6O12S2/c1-50(2)20-29(52-28-6-3-5-26(18-28)44-42(51)43(68-23-40(59)60)45(70-44)48(63)64)15-16-56(50)71(65,66)24-25-9-13-37-34(17-25)53-49(69-37)55-21-27-22-67-39(55)19-33(27)30-10-11-35-41-31(30)7-4-8-32(41)47(62)57(35)36-12-14-38(58)54-46(36)61/h3-11,13,17-18,27,29,33,36,39,52H,12,14-16,19-24H2,1-2H3,(H,59,60)(H,63,64)(H,54,58,61). The van der Waals surface area contributed by atoms with Crippen molar-refractivity contribution < 1.29 is 56.5 Å². The van der Waals surface area contributed by atoms with Gasteiger partial charge in [-0.15, -0.1) is 11.3 Å². The van der Waals surface area contributed by atoms with Crippen LogP contribution in [0.1, 0.15) is 83.0 Å². The number of aromatic nitrogens is 1. The van der Waals surface area contributed by atoms with Crippen molar-refractivity contribution in [1.29, 1.82) is 0 Å². The number of rotatable bonds is 13. The lowest BCUT2D eigenvalue weighted by Gasteiger charge is -2.48. The molecule has 5 unspecified atom stereocenters. The van der Waals surface area contributed by atoms with Crippen LogP contribution in [0.2, 0.25) is 5.02 Å². The second-order valence-corrected chi connectivity index (χ2v) is 22.6. The van der Waals surface area contributed by atoms with Gasteiger partial charge in [0.1, 0.15) is 22.8 Å². The number of hydrogen-bond donors (Lipinski definition) is 4. The Morgan fingerprint density at radius 2 is 1.86 bits per heavy atom. The number of sulfonamides is 1. The maximum absolute atomic E-state index is 14.2. The van der Waals surface area contributed by atoms with Crippen LogP contribution in [0.25, 0.3) is 32.3 Å². The zero-order valence-electron chi connectivity index (χ0n) is 38.3. The van der Waals surface area contributed by atoms with E-state index in [-0.39, 0.29) is 76.7 Å². The van der Waals surface area contributed by atoms with E-state index in [0.29, 0.717) is 76.8 Å². The van der Waals surface area contributed by atoms with Crippen LogP contribution in [0.15, 0.2) is 77.2 Å². The Labute approximate surface area is 415 Å². The van der Waals surface area contributed by atoms with E-state index in [2.05, 4.69) is 16.7 Å². The third kappa shape index (κ3) is 8.34. The molecule has 2 bridgehead atoms. The fourth-order valence-corrected chi connectivity index (χ4v) is 14.6. The van der Waals surface area contributed by atoms with Crippen LogP contribution in [-0.4, -0.2) is 108 Å². The number of imide groups is 1. The Balaban J connectivity index is 0.753. The van der Waals surface area contributed by atoms with Crippen molar-refractivity contribution in [2.45, 2.75) is 81.5 Å². The minimum atomic E-state index is -3.81. The van der Waals surface area contributed by atoms with E-state index >= 15 is 0 Å². The fraction of sp³-hybridized carbons (Fsp3) is 0.360. The summed E-state index contributed by atoms with van der Waals surface area (Å²) >= 11 is 7.43. The summed E-state index contributed by atoms with van der Waals surface area (Å²) in [5, 5.41) is 26.5. The van der Waals surface area contributed by atoms with Gasteiger partial charge in [0.05, 0.1) is 22.9 Å². The summed E-state index contributed by atoms with van der Waals surface area (Å²) in [6.07, 6.45) is 1.72. The summed E-state index contributed by atoms with van der Waals surface area (Å²) in [6, 6.07) is 21.7. The number of halogens is 1. The van der Waals surface area contributed by atoms with Crippen molar-refractivity contribution in [3.8, 4) is 16.2 Å². The van der Waals surface area contributed by atoms with Crippen molar-refractivity contribution in [3.63, 3.8) is 0 Å². The molecule has 5 atom stereocenters. The number of carboxylic acid groups (broad SMARTS) is 2. The van der Waals surface area contributed by atoms with Crippen LogP contribution in [0.4, 0.5) is 17.4 Å². The van der Waals surface area contributed by atoms with Gasteiger partial charge in [-0.2, -0.15) is 9.29 Å². The van der Waals surface area contributed by atoms with Gasteiger partial charge in [0.2, 0.25) is 21.8 Å². The molecule has 4 aromatic carbocycles. The molecule has 0 saturated carbocycles. The number of aromatic carboxylic acids is 1. The van der Waals surface area contributed by atoms with E-state index in [9.17, 15) is 37.5 Å². The molecule has 6 aromatic rings. The van der Waals surface area contributed by atoms with Crippen LogP contribution in [0, 0.1) is 5.92 Å². The van der Waals surface area contributed by atoms with E-state index in [0.717, 1.165) is 33.4 Å². The maximum atomic E-state index is 14.2. The van der Waals surface area contributed by atoms with Gasteiger partial charge in [0.25, 0.3) is 11.9 Å². The average Bonchev–Trinajstić information content (AvgIpc) is 3.99. The second-order valence-electron chi connectivity index (χ2n) is 19.3. The lowest BCUT2D eigenvalue weighted by Crippen LogP contribution is -2.55.